The van der Waals surface area contributed by atoms with E-state index in [-0.39, 0.29) is 18.6 Å². The molecule has 8 nitrogen and oxygen atoms in total. The number of nitrogens with one attached hydrogen (secondary N) is 1. The molecule has 1 amide bonds. The van der Waals surface area contributed by atoms with Crippen LogP contribution in [0.5, 0.6) is 0 Å². The van der Waals surface area contributed by atoms with Gasteiger partial charge in [0.2, 0.25) is 0 Å². The maximum Gasteiger partial charge on any atom is 0.478 e. The van der Waals surface area contributed by atoms with Crippen molar-refractivity contribution in [2.24, 2.45) is 4.99 Å². The molecule has 0 aromatic carbocycles. The van der Waals surface area contributed by atoms with Gasteiger partial charge in [-0.3, -0.25) is 14.6 Å². The Balaban J connectivity index is 2.04. The summed E-state index contributed by atoms with van der Waals surface area (Å²) < 4.78 is 5.25. The standard InChI is InChI=1S/C14H17BN2O6S/c18-8-16-13(10-4-2-6-24-10)14(21)17-11-5-1-3-9(7-12(19)20)23-15(11)22/h1-4,6,9,11,18,22H,5,7-8H2,(H,17,21)(H,19,20)/b16-13+/t9-,11+/m1/s1. The average molecular weight is 352 g/mol. The molecule has 0 bridgehead atoms. The minimum Gasteiger partial charge on any atom is -0.481 e. The highest BCUT2D eigenvalue weighted by atomic mass is 32.1. The Labute approximate surface area is 142 Å². The highest BCUT2D eigenvalue weighted by Crippen LogP contribution is 2.14. The summed E-state index contributed by atoms with van der Waals surface area (Å²) in [5.41, 5.74) is 0.0648. The van der Waals surface area contributed by atoms with E-state index in [4.69, 9.17) is 14.9 Å². The van der Waals surface area contributed by atoms with Crippen LogP contribution in [0.4, 0.5) is 0 Å². The van der Waals surface area contributed by atoms with Crippen LogP contribution in [0.25, 0.3) is 0 Å². The zero-order chi connectivity index (χ0) is 17.5. The van der Waals surface area contributed by atoms with E-state index in [0.717, 1.165) is 0 Å². The fourth-order valence-corrected chi connectivity index (χ4v) is 2.94. The fraction of sp³-hybridized carbons (Fsp3) is 0.357. The van der Waals surface area contributed by atoms with Crippen LogP contribution < -0.4 is 5.32 Å². The SMILES string of the molecule is O=C(O)C[C@H]1C=CC[C@H](NC(=O)/C(=N/CO)c2cccs2)B(O)O1. The summed E-state index contributed by atoms with van der Waals surface area (Å²) >= 11 is 1.30. The highest BCUT2D eigenvalue weighted by molar-refractivity contribution is 7.13. The number of carbonyl (C=O) groups excluding carboxylic acids is 1. The molecule has 10 heteroatoms. The Bertz CT molecular complexity index is 633. The molecule has 0 aliphatic carbocycles. The van der Waals surface area contributed by atoms with E-state index in [9.17, 15) is 14.6 Å². The number of amides is 1. The second-order valence-electron chi connectivity index (χ2n) is 5.03. The zero-order valence-corrected chi connectivity index (χ0v) is 13.5. The minimum absolute atomic E-state index is 0.0648. The molecule has 2 rings (SSSR count). The lowest BCUT2D eigenvalue weighted by Gasteiger charge is -2.20. The number of hydrogen-bond donors (Lipinski definition) is 4. The number of nitrogens with zero attached hydrogens (tertiary/aromatic N) is 1. The largest absolute Gasteiger partial charge is 0.481 e. The smallest absolute Gasteiger partial charge is 0.478 e. The summed E-state index contributed by atoms with van der Waals surface area (Å²) in [5.74, 6) is -2.35. The van der Waals surface area contributed by atoms with Gasteiger partial charge in [-0.15, -0.1) is 11.3 Å². The molecule has 0 saturated heterocycles. The van der Waals surface area contributed by atoms with E-state index in [1.165, 1.54) is 11.3 Å². The van der Waals surface area contributed by atoms with E-state index in [1.807, 2.05) is 0 Å². The highest BCUT2D eigenvalue weighted by Gasteiger charge is 2.33. The van der Waals surface area contributed by atoms with Crippen molar-refractivity contribution in [3.63, 3.8) is 0 Å². The number of rotatable bonds is 6. The first kappa shape index (κ1) is 18.3. The summed E-state index contributed by atoms with van der Waals surface area (Å²) in [5, 5.41) is 32.2. The van der Waals surface area contributed by atoms with E-state index in [1.54, 1.807) is 29.7 Å². The Kier molecular flexibility index (Phi) is 6.67. The van der Waals surface area contributed by atoms with Crippen LogP contribution in [0.15, 0.2) is 34.7 Å². The van der Waals surface area contributed by atoms with Gasteiger partial charge in [0, 0.05) is 0 Å². The molecular formula is C14H17BN2O6S. The van der Waals surface area contributed by atoms with E-state index >= 15 is 0 Å². The summed E-state index contributed by atoms with van der Waals surface area (Å²) in [4.78, 5) is 27.5. The van der Waals surface area contributed by atoms with Crippen LogP contribution in [0.3, 0.4) is 0 Å². The molecule has 1 aromatic heterocycles. The number of aliphatic imine (C=N–C) groups is 1. The lowest BCUT2D eigenvalue weighted by molar-refractivity contribution is -0.138. The lowest BCUT2D eigenvalue weighted by atomic mass is 9.77. The number of carboxylic acids is 1. The van der Waals surface area contributed by atoms with Crippen LogP contribution in [-0.2, 0) is 14.2 Å². The average Bonchev–Trinajstić information content (AvgIpc) is 2.98. The van der Waals surface area contributed by atoms with Crippen molar-refractivity contribution in [2.45, 2.75) is 24.9 Å². The lowest BCUT2D eigenvalue weighted by Crippen LogP contribution is -2.50. The third kappa shape index (κ3) is 5.00. The van der Waals surface area contributed by atoms with Gasteiger partial charge in [0.15, 0.2) is 0 Å². The second kappa shape index (κ2) is 8.74. The maximum atomic E-state index is 12.4. The van der Waals surface area contributed by atoms with Crippen molar-refractivity contribution < 1.29 is 29.5 Å². The van der Waals surface area contributed by atoms with Gasteiger partial charge < -0.3 is 25.2 Å². The fourth-order valence-electron chi connectivity index (χ4n) is 2.21. The van der Waals surface area contributed by atoms with Crippen LogP contribution in [0, 0.1) is 0 Å². The molecule has 2 atom stereocenters. The predicted molar refractivity (Wildman–Crippen MR) is 88.7 cm³/mol. The predicted octanol–water partition coefficient (Wildman–Crippen LogP) is -0.189. The van der Waals surface area contributed by atoms with E-state index in [2.05, 4.69) is 10.3 Å². The molecule has 2 heterocycles. The number of aliphatic carboxylic acids is 1. The van der Waals surface area contributed by atoms with Gasteiger partial charge >= 0.3 is 13.1 Å². The van der Waals surface area contributed by atoms with Crippen LogP contribution in [0.1, 0.15) is 17.7 Å². The van der Waals surface area contributed by atoms with Crippen molar-refractivity contribution in [1.29, 1.82) is 0 Å². The van der Waals surface area contributed by atoms with Gasteiger partial charge in [0.1, 0.15) is 12.4 Å². The van der Waals surface area contributed by atoms with Gasteiger partial charge in [-0.1, -0.05) is 18.2 Å². The Morgan fingerprint density at radius 1 is 1.50 bits per heavy atom. The number of hydrogen-bond acceptors (Lipinski definition) is 7. The molecule has 0 spiro atoms. The molecule has 4 N–H and O–H groups in total. The first-order valence-electron chi connectivity index (χ1n) is 7.23. The first-order valence-corrected chi connectivity index (χ1v) is 8.11. The van der Waals surface area contributed by atoms with Crippen LogP contribution >= 0.6 is 11.3 Å². The number of aliphatic hydroxyl groups excluding tert-OH is 1. The quantitative estimate of drug-likeness (QED) is 0.319. The van der Waals surface area contributed by atoms with Gasteiger partial charge in [0.25, 0.3) is 5.91 Å². The summed E-state index contributed by atoms with van der Waals surface area (Å²) in [7, 11) is -1.35. The molecular weight excluding hydrogens is 335 g/mol. The van der Waals surface area contributed by atoms with Crippen LogP contribution in [-0.4, -0.2) is 58.7 Å². The van der Waals surface area contributed by atoms with Gasteiger partial charge in [-0.25, -0.2) is 0 Å². The van der Waals surface area contributed by atoms with Gasteiger partial charge in [-0.2, -0.15) is 0 Å². The molecule has 0 unspecified atom stereocenters. The molecule has 24 heavy (non-hydrogen) atoms. The van der Waals surface area contributed by atoms with Crippen molar-refractivity contribution in [3.8, 4) is 0 Å². The third-order valence-corrected chi connectivity index (χ3v) is 4.17. The van der Waals surface area contributed by atoms with Gasteiger partial charge in [0.05, 0.1) is 23.3 Å². The first-order chi connectivity index (χ1) is 11.5. The molecule has 128 valence electrons. The van der Waals surface area contributed by atoms with Crippen molar-refractivity contribution in [2.75, 3.05) is 6.73 Å². The second-order valence-corrected chi connectivity index (χ2v) is 5.98. The molecule has 1 aliphatic heterocycles. The molecule has 0 radical (unpaired) electrons. The minimum atomic E-state index is -1.35. The number of carbonyl (C=O) groups is 2. The monoisotopic (exact) mass is 352 g/mol. The number of carboxylic acid groups (broad SMARTS) is 1. The third-order valence-electron chi connectivity index (χ3n) is 3.29. The number of aliphatic hydroxyl groups is 1. The molecule has 1 aromatic rings. The molecule has 0 saturated carbocycles. The summed E-state index contributed by atoms with van der Waals surface area (Å²) in [6.45, 7) is -0.537. The summed E-state index contributed by atoms with van der Waals surface area (Å²) in [6.07, 6.45) is 2.44. The van der Waals surface area contributed by atoms with Crippen molar-refractivity contribution in [3.05, 3.63) is 34.5 Å². The van der Waals surface area contributed by atoms with Crippen LogP contribution in [0.2, 0.25) is 0 Å². The molecule has 1 aliphatic rings. The van der Waals surface area contributed by atoms with E-state index < -0.39 is 37.8 Å². The Hall–Kier alpha value is -2.01. The van der Waals surface area contributed by atoms with E-state index in [0.29, 0.717) is 4.88 Å². The molecule has 0 fully saturated rings. The Morgan fingerprint density at radius 2 is 2.29 bits per heavy atom. The Morgan fingerprint density at radius 3 is 2.92 bits per heavy atom. The summed E-state index contributed by atoms with van der Waals surface area (Å²) in [6, 6.07) is 3.45. The van der Waals surface area contributed by atoms with Gasteiger partial charge in [-0.05, 0) is 17.9 Å². The van der Waals surface area contributed by atoms with Crippen molar-refractivity contribution in [1.82, 2.24) is 5.32 Å². The van der Waals surface area contributed by atoms with Crippen molar-refractivity contribution >= 4 is 36.0 Å². The number of thiophene rings is 1. The maximum absolute atomic E-state index is 12.4. The zero-order valence-electron chi connectivity index (χ0n) is 12.7. The topological polar surface area (TPSA) is 128 Å². The normalized spacial score (nSPS) is 21.4.